The molecule has 2 aromatic carbocycles. The van der Waals surface area contributed by atoms with E-state index in [1.165, 1.54) is 0 Å². The van der Waals surface area contributed by atoms with Gasteiger partial charge in [0.25, 0.3) is 0 Å². The SMILES string of the molecule is N#Cc1cccc(CN2CCCNCCN(Cc3cccc(C#N)c3)Cc3cccc(n3)C2)c1. The maximum atomic E-state index is 9.24. The van der Waals surface area contributed by atoms with E-state index in [4.69, 9.17) is 4.98 Å². The Bertz CT molecular complexity index is 1090. The molecule has 2 heterocycles. The molecule has 3 aromatic rings. The second-order valence-electron chi connectivity index (χ2n) is 8.77. The van der Waals surface area contributed by atoms with E-state index < -0.39 is 0 Å². The van der Waals surface area contributed by atoms with Crippen LogP contribution in [0.25, 0.3) is 0 Å². The summed E-state index contributed by atoms with van der Waals surface area (Å²) in [6.07, 6.45) is 1.04. The molecule has 0 atom stereocenters. The predicted octanol–water partition coefficient (Wildman–Crippen LogP) is 3.82. The van der Waals surface area contributed by atoms with Gasteiger partial charge in [-0.15, -0.1) is 0 Å². The molecule has 0 aliphatic carbocycles. The van der Waals surface area contributed by atoms with Crippen molar-refractivity contribution in [1.29, 1.82) is 10.5 Å². The molecule has 0 unspecified atom stereocenters. The molecule has 0 spiro atoms. The molecule has 0 radical (unpaired) electrons. The van der Waals surface area contributed by atoms with E-state index in [1.54, 1.807) is 0 Å². The zero-order valence-corrected chi connectivity index (χ0v) is 19.5. The molecule has 1 aromatic heterocycles. The first-order valence-corrected chi connectivity index (χ1v) is 11.8. The molecule has 0 fully saturated rings. The second kappa shape index (κ2) is 12.1. The zero-order chi connectivity index (χ0) is 23.6. The average molecular weight is 451 g/mol. The van der Waals surface area contributed by atoms with Crippen LogP contribution in [0.1, 0.15) is 40.1 Å². The molecule has 0 saturated carbocycles. The van der Waals surface area contributed by atoms with Crippen molar-refractivity contribution < 1.29 is 0 Å². The quantitative estimate of drug-likeness (QED) is 0.651. The second-order valence-corrected chi connectivity index (χ2v) is 8.77. The van der Waals surface area contributed by atoms with Gasteiger partial charge in [0.2, 0.25) is 0 Å². The fourth-order valence-corrected chi connectivity index (χ4v) is 4.38. The fourth-order valence-electron chi connectivity index (χ4n) is 4.38. The van der Waals surface area contributed by atoms with Crippen LogP contribution in [0.4, 0.5) is 0 Å². The van der Waals surface area contributed by atoms with Crippen molar-refractivity contribution in [3.8, 4) is 12.1 Å². The molecule has 6 heteroatoms. The Labute approximate surface area is 202 Å². The molecule has 1 aliphatic rings. The Morgan fingerprint density at radius 2 is 1.29 bits per heavy atom. The van der Waals surface area contributed by atoms with Crippen molar-refractivity contribution in [1.82, 2.24) is 20.1 Å². The first kappa shape index (κ1) is 23.6. The van der Waals surface area contributed by atoms with Gasteiger partial charge in [-0.1, -0.05) is 30.3 Å². The number of rotatable bonds is 4. The highest BCUT2D eigenvalue weighted by molar-refractivity contribution is 5.33. The van der Waals surface area contributed by atoms with Crippen LogP contribution in [-0.4, -0.2) is 41.0 Å². The summed E-state index contributed by atoms with van der Waals surface area (Å²) in [5.41, 5.74) is 5.81. The van der Waals surface area contributed by atoms with E-state index >= 15 is 0 Å². The van der Waals surface area contributed by atoms with Gasteiger partial charge in [0, 0.05) is 45.8 Å². The van der Waals surface area contributed by atoms with E-state index in [-0.39, 0.29) is 0 Å². The van der Waals surface area contributed by atoms with E-state index in [9.17, 15) is 10.5 Å². The molecular weight excluding hydrogens is 420 g/mol. The highest BCUT2D eigenvalue weighted by Gasteiger charge is 2.13. The highest BCUT2D eigenvalue weighted by Crippen LogP contribution is 2.14. The summed E-state index contributed by atoms with van der Waals surface area (Å²) in [5, 5.41) is 22.1. The van der Waals surface area contributed by atoms with Crippen LogP contribution in [0, 0.1) is 22.7 Å². The molecule has 2 bridgehead atoms. The lowest BCUT2D eigenvalue weighted by atomic mass is 10.1. The largest absolute Gasteiger partial charge is 0.315 e. The first-order chi connectivity index (χ1) is 16.7. The number of hydrogen-bond donors (Lipinski definition) is 1. The first-order valence-electron chi connectivity index (χ1n) is 11.8. The van der Waals surface area contributed by atoms with Crippen LogP contribution in [0.2, 0.25) is 0 Å². The third kappa shape index (κ3) is 6.97. The van der Waals surface area contributed by atoms with Crippen molar-refractivity contribution in [2.45, 2.75) is 32.6 Å². The van der Waals surface area contributed by atoms with Crippen LogP contribution in [0.15, 0.2) is 66.7 Å². The number of benzene rings is 2. The van der Waals surface area contributed by atoms with Crippen LogP contribution < -0.4 is 5.32 Å². The number of nitrogens with zero attached hydrogens (tertiary/aromatic N) is 5. The number of fused-ring (bicyclic) bond motifs is 2. The summed E-state index contributed by atoms with van der Waals surface area (Å²) in [6.45, 7) is 6.84. The molecule has 172 valence electrons. The summed E-state index contributed by atoms with van der Waals surface area (Å²) in [5.74, 6) is 0. The molecule has 34 heavy (non-hydrogen) atoms. The van der Waals surface area contributed by atoms with Gasteiger partial charge in [-0.25, -0.2) is 0 Å². The van der Waals surface area contributed by atoms with E-state index in [0.29, 0.717) is 11.1 Å². The van der Waals surface area contributed by atoms with Gasteiger partial charge in [-0.2, -0.15) is 10.5 Å². The maximum absolute atomic E-state index is 9.24. The number of aromatic nitrogens is 1. The Kier molecular flexibility index (Phi) is 8.38. The number of hydrogen-bond acceptors (Lipinski definition) is 6. The van der Waals surface area contributed by atoms with Gasteiger partial charge in [0.15, 0.2) is 0 Å². The van der Waals surface area contributed by atoms with Crippen molar-refractivity contribution in [2.24, 2.45) is 0 Å². The Balaban J connectivity index is 1.50. The minimum atomic E-state index is 0.696. The smallest absolute Gasteiger partial charge is 0.0991 e. The lowest BCUT2D eigenvalue weighted by Crippen LogP contribution is -2.32. The fraction of sp³-hybridized carbons (Fsp3) is 0.321. The van der Waals surface area contributed by atoms with Gasteiger partial charge in [0.1, 0.15) is 0 Å². The standard InChI is InChI=1S/C28H30N6/c29-17-23-5-1-7-25(15-23)19-33-13-4-11-31-12-14-34(20-26-8-2-6-24(16-26)18-30)22-28-10-3-9-27(21-33)32-28/h1-3,5-10,15-16,31H,4,11-14,19-22H2. The van der Waals surface area contributed by atoms with Gasteiger partial charge < -0.3 is 5.32 Å². The summed E-state index contributed by atoms with van der Waals surface area (Å²) < 4.78 is 0. The highest BCUT2D eigenvalue weighted by atomic mass is 15.2. The topological polar surface area (TPSA) is 79.0 Å². The molecule has 1 N–H and O–H groups in total. The molecular formula is C28H30N6. The van der Waals surface area contributed by atoms with E-state index in [1.807, 2.05) is 36.4 Å². The molecule has 6 nitrogen and oxygen atoms in total. The normalized spacial score (nSPS) is 15.8. The number of pyridine rings is 1. The third-order valence-corrected chi connectivity index (χ3v) is 5.99. The molecule has 1 aliphatic heterocycles. The summed E-state index contributed by atoms with van der Waals surface area (Å²) in [7, 11) is 0. The molecule has 4 rings (SSSR count). The number of nitrogens with one attached hydrogen (secondary N) is 1. The van der Waals surface area contributed by atoms with Crippen molar-refractivity contribution in [3.63, 3.8) is 0 Å². The zero-order valence-electron chi connectivity index (χ0n) is 19.5. The van der Waals surface area contributed by atoms with Crippen molar-refractivity contribution in [2.75, 3.05) is 26.2 Å². The predicted molar refractivity (Wildman–Crippen MR) is 132 cm³/mol. The third-order valence-electron chi connectivity index (χ3n) is 5.99. The summed E-state index contributed by atoms with van der Waals surface area (Å²) in [4.78, 5) is 9.78. The minimum absolute atomic E-state index is 0.696. The summed E-state index contributed by atoms with van der Waals surface area (Å²) in [6, 6.07) is 26.5. The molecule has 0 amide bonds. The van der Waals surface area contributed by atoms with Gasteiger partial charge in [-0.3, -0.25) is 14.8 Å². The van der Waals surface area contributed by atoms with Crippen molar-refractivity contribution in [3.05, 3.63) is 100 Å². The Hall–Kier alpha value is -3.55. The van der Waals surface area contributed by atoms with E-state index in [0.717, 1.165) is 81.3 Å². The van der Waals surface area contributed by atoms with Crippen LogP contribution in [0.5, 0.6) is 0 Å². The average Bonchev–Trinajstić information content (AvgIpc) is 2.87. The molecule has 0 saturated heterocycles. The Morgan fingerprint density at radius 1 is 0.735 bits per heavy atom. The number of nitriles is 2. The van der Waals surface area contributed by atoms with Crippen LogP contribution >= 0.6 is 0 Å². The lowest BCUT2D eigenvalue weighted by Gasteiger charge is -2.23. The minimum Gasteiger partial charge on any atom is -0.315 e. The monoisotopic (exact) mass is 450 g/mol. The summed E-state index contributed by atoms with van der Waals surface area (Å²) >= 11 is 0. The van der Waals surface area contributed by atoms with Gasteiger partial charge in [0.05, 0.1) is 34.7 Å². The van der Waals surface area contributed by atoms with Crippen molar-refractivity contribution >= 4 is 0 Å². The van der Waals surface area contributed by atoms with Crippen LogP contribution in [-0.2, 0) is 26.2 Å². The Morgan fingerprint density at radius 3 is 1.88 bits per heavy atom. The van der Waals surface area contributed by atoms with Gasteiger partial charge >= 0.3 is 0 Å². The lowest BCUT2D eigenvalue weighted by molar-refractivity contribution is 0.247. The van der Waals surface area contributed by atoms with Gasteiger partial charge in [-0.05, 0) is 60.5 Å². The van der Waals surface area contributed by atoms with E-state index in [2.05, 4.69) is 57.6 Å². The van der Waals surface area contributed by atoms with Crippen LogP contribution in [0.3, 0.4) is 0 Å². The maximum Gasteiger partial charge on any atom is 0.0991 e.